The highest BCUT2D eigenvalue weighted by atomic mass is 127. The first-order chi connectivity index (χ1) is 14.2. The van der Waals surface area contributed by atoms with Gasteiger partial charge in [-0.15, -0.1) is 24.0 Å². The summed E-state index contributed by atoms with van der Waals surface area (Å²) < 4.78 is 23.0. The molecule has 7 heteroatoms. The van der Waals surface area contributed by atoms with Gasteiger partial charge < -0.3 is 10.6 Å². The smallest absolute Gasteiger partial charge is 0.191 e. The number of hydrogen-bond acceptors (Lipinski definition) is 3. The molecular weight excluding hydrogens is 521 g/mol. The summed E-state index contributed by atoms with van der Waals surface area (Å²) in [6.45, 7) is 8.18. The molecule has 2 N–H and O–H groups in total. The summed E-state index contributed by atoms with van der Waals surface area (Å²) in [5.74, 6) is 1.14. The van der Waals surface area contributed by atoms with Crippen molar-refractivity contribution in [2.24, 2.45) is 10.4 Å². The Bertz CT molecular complexity index is 861. The Balaban J connectivity index is 0.00000480. The summed E-state index contributed by atoms with van der Waals surface area (Å²) in [5, 5.41) is 6.79. The van der Waals surface area contributed by atoms with Crippen LogP contribution in [0.3, 0.4) is 0 Å². The van der Waals surface area contributed by atoms with Crippen molar-refractivity contribution in [2.45, 2.75) is 33.1 Å². The zero-order valence-electron chi connectivity index (χ0n) is 19.0. The lowest BCUT2D eigenvalue weighted by molar-refractivity contribution is 0.365. The van der Waals surface area contributed by atoms with Gasteiger partial charge in [-0.05, 0) is 29.9 Å². The zero-order chi connectivity index (χ0) is 22.0. The first kappa shape index (κ1) is 27.4. The molecule has 0 aliphatic rings. The molecule has 0 heterocycles. The van der Waals surface area contributed by atoms with Crippen molar-refractivity contribution in [3.05, 3.63) is 71.8 Å². The standard InChI is InChI=1S/C24H35N3O2S.HI/c1-5-25-23(27-19-24(2,3)16-17-30(4,28)29)26-18-22(20-12-8-6-9-13-20)21-14-10-7-11-15-21;/h6-15,22H,5,16-19H2,1-4H3,(H2,25,26,27);1H. The van der Waals surface area contributed by atoms with E-state index in [1.807, 2.05) is 19.1 Å². The van der Waals surface area contributed by atoms with Crippen molar-refractivity contribution in [3.63, 3.8) is 0 Å². The summed E-state index contributed by atoms with van der Waals surface area (Å²) in [7, 11) is -2.97. The van der Waals surface area contributed by atoms with Gasteiger partial charge in [-0.1, -0.05) is 74.5 Å². The second-order valence-electron chi connectivity index (χ2n) is 8.49. The summed E-state index contributed by atoms with van der Waals surface area (Å²) >= 11 is 0. The minimum atomic E-state index is -2.97. The molecule has 0 aliphatic heterocycles. The van der Waals surface area contributed by atoms with Crippen molar-refractivity contribution in [1.29, 1.82) is 0 Å². The van der Waals surface area contributed by atoms with Gasteiger partial charge in [0.1, 0.15) is 9.84 Å². The molecule has 0 spiro atoms. The minimum absolute atomic E-state index is 0. The van der Waals surface area contributed by atoms with Crippen LogP contribution < -0.4 is 10.6 Å². The molecule has 0 atom stereocenters. The van der Waals surface area contributed by atoms with Crippen LogP contribution in [0.5, 0.6) is 0 Å². The molecule has 2 aromatic carbocycles. The SMILES string of the molecule is CCNC(=NCC(C)(C)CCS(C)(=O)=O)NCC(c1ccccc1)c1ccccc1.I. The summed E-state index contributed by atoms with van der Waals surface area (Å²) in [4.78, 5) is 4.74. The van der Waals surface area contributed by atoms with Gasteiger partial charge in [0, 0.05) is 31.8 Å². The maximum atomic E-state index is 11.5. The fraction of sp³-hybridized carbons (Fsp3) is 0.458. The fourth-order valence-electron chi connectivity index (χ4n) is 3.17. The maximum absolute atomic E-state index is 11.5. The summed E-state index contributed by atoms with van der Waals surface area (Å²) in [6.07, 6.45) is 1.87. The van der Waals surface area contributed by atoms with E-state index in [2.05, 4.69) is 73.0 Å². The van der Waals surface area contributed by atoms with Crippen molar-refractivity contribution >= 4 is 39.8 Å². The quantitative estimate of drug-likeness (QED) is 0.257. The number of benzene rings is 2. The third-order valence-corrected chi connectivity index (χ3v) is 5.98. The average Bonchev–Trinajstić information content (AvgIpc) is 2.72. The van der Waals surface area contributed by atoms with E-state index in [9.17, 15) is 8.42 Å². The fourth-order valence-corrected chi connectivity index (χ4v) is 4.10. The average molecular weight is 558 g/mol. The van der Waals surface area contributed by atoms with Gasteiger partial charge >= 0.3 is 0 Å². The third-order valence-electron chi connectivity index (χ3n) is 5.04. The van der Waals surface area contributed by atoms with Crippen LogP contribution in [0, 0.1) is 5.41 Å². The Labute approximate surface area is 205 Å². The number of halogens is 1. The normalized spacial score (nSPS) is 12.4. The molecule has 0 saturated heterocycles. The molecule has 0 fully saturated rings. The van der Waals surface area contributed by atoms with Gasteiger partial charge in [0.25, 0.3) is 0 Å². The van der Waals surface area contributed by atoms with Crippen molar-refractivity contribution in [2.75, 3.05) is 31.6 Å². The highest BCUT2D eigenvalue weighted by Crippen LogP contribution is 2.24. The number of guanidine groups is 1. The number of nitrogens with one attached hydrogen (secondary N) is 2. The molecule has 0 bridgehead atoms. The molecule has 0 unspecified atom stereocenters. The first-order valence-electron chi connectivity index (χ1n) is 10.5. The lowest BCUT2D eigenvalue weighted by atomic mass is 9.90. The predicted molar refractivity (Wildman–Crippen MR) is 142 cm³/mol. The summed E-state index contributed by atoms with van der Waals surface area (Å²) in [6, 6.07) is 20.9. The zero-order valence-corrected chi connectivity index (χ0v) is 22.1. The molecule has 0 amide bonds. The topological polar surface area (TPSA) is 70.6 Å². The van der Waals surface area contributed by atoms with Gasteiger partial charge in [-0.3, -0.25) is 4.99 Å². The Hall–Kier alpha value is -1.61. The van der Waals surface area contributed by atoms with Crippen LogP contribution in [0.4, 0.5) is 0 Å². The second kappa shape index (κ2) is 13.1. The highest BCUT2D eigenvalue weighted by molar-refractivity contribution is 14.0. The van der Waals surface area contributed by atoms with Crippen LogP contribution in [0.1, 0.15) is 44.2 Å². The highest BCUT2D eigenvalue weighted by Gasteiger charge is 2.20. The van der Waals surface area contributed by atoms with Crippen LogP contribution in [-0.2, 0) is 9.84 Å². The largest absolute Gasteiger partial charge is 0.357 e. The molecule has 0 saturated carbocycles. The van der Waals surface area contributed by atoms with E-state index < -0.39 is 9.84 Å². The molecule has 0 aromatic heterocycles. The molecule has 0 radical (unpaired) electrons. The predicted octanol–water partition coefficient (Wildman–Crippen LogP) is 4.45. The van der Waals surface area contributed by atoms with E-state index in [0.29, 0.717) is 19.5 Å². The number of nitrogens with zero attached hydrogens (tertiary/aromatic N) is 1. The molecule has 172 valence electrons. The van der Waals surface area contributed by atoms with Gasteiger partial charge in [0.2, 0.25) is 0 Å². The van der Waals surface area contributed by atoms with Crippen molar-refractivity contribution in [3.8, 4) is 0 Å². The Morgan fingerprint density at radius 2 is 1.48 bits per heavy atom. The van der Waals surface area contributed by atoms with Crippen LogP contribution in [0.25, 0.3) is 0 Å². The minimum Gasteiger partial charge on any atom is -0.357 e. The second-order valence-corrected chi connectivity index (χ2v) is 10.8. The van der Waals surface area contributed by atoms with Crippen LogP contribution >= 0.6 is 24.0 Å². The molecular formula is C24H36IN3O2S. The maximum Gasteiger partial charge on any atom is 0.191 e. The van der Waals surface area contributed by atoms with E-state index in [1.165, 1.54) is 17.4 Å². The van der Waals surface area contributed by atoms with E-state index in [-0.39, 0.29) is 41.1 Å². The van der Waals surface area contributed by atoms with Gasteiger partial charge in [-0.2, -0.15) is 0 Å². The lowest BCUT2D eigenvalue weighted by Gasteiger charge is -2.24. The Kier molecular flexibility index (Phi) is 11.5. The van der Waals surface area contributed by atoms with E-state index in [4.69, 9.17) is 4.99 Å². The first-order valence-corrected chi connectivity index (χ1v) is 12.6. The monoisotopic (exact) mass is 557 g/mol. The molecule has 5 nitrogen and oxygen atoms in total. The van der Waals surface area contributed by atoms with E-state index >= 15 is 0 Å². The summed E-state index contributed by atoms with van der Waals surface area (Å²) in [5.41, 5.74) is 2.31. The molecule has 2 aromatic rings. The van der Waals surface area contributed by atoms with Gasteiger partial charge in [0.15, 0.2) is 5.96 Å². The van der Waals surface area contributed by atoms with Gasteiger partial charge in [-0.25, -0.2) is 8.42 Å². The van der Waals surface area contributed by atoms with Crippen LogP contribution in [0.15, 0.2) is 65.7 Å². The molecule has 0 aliphatic carbocycles. The van der Waals surface area contributed by atoms with Crippen LogP contribution in [0.2, 0.25) is 0 Å². The van der Waals surface area contributed by atoms with Crippen molar-refractivity contribution < 1.29 is 8.42 Å². The van der Waals surface area contributed by atoms with Gasteiger partial charge in [0.05, 0.1) is 5.75 Å². The van der Waals surface area contributed by atoms with Crippen LogP contribution in [-0.4, -0.2) is 46.0 Å². The number of hydrogen-bond donors (Lipinski definition) is 2. The van der Waals surface area contributed by atoms with E-state index in [0.717, 1.165) is 12.5 Å². The third kappa shape index (κ3) is 10.5. The lowest BCUT2D eigenvalue weighted by Crippen LogP contribution is -2.40. The number of aliphatic imine (C=N–C) groups is 1. The number of rotatable bonds is 10. The molecule has 31 heavy (non-hydrogen) atoms. The number of sulfone groups is 1. The Morgan fingerprint density at radius 1 is 0.968 bits per heavy atom. The van der Waals surface area contributed by atoms with Crippen molar-refractivity contribution in [1.82, 2.24) is 10.6 Å². The van der Waals surface area contributed by atoms with E-state index in [1.54, 1.807) is 0 Å². The Morgan fingerprint density at radius 3 is 1.94 bits per heavy atom. The molecule has 2 rings (SSSR count).